The van der Waals surface area contributed by atoms with Crippen LogP contribution in [0.2, 0.25) is 0 Å². The molecular weight excluding hydrogens is 244 g/mol. The predicted molar refractivity (Wildman–Crippen MR) is 71.4 cm³/mol. The van der Waals surface area contributed by atoms with Gasteiger partial charge in [0.1, 0.15) is 5.69 Å². The van der Waals surface area contributed by atoms with Crippen LogP contribution >= 0.6 is 0 Å². The number of fused-ring (bicyclic) bond motifs is 1. The zero-order chi connectivity index (χ0) is 14.2. The Hall–Kier alpha value is -1.78. The number of nitrogens with one attached hydrogen (secondary N) is 1. The Balaban J connectivity index is 2.56. The second-order valence-corrected chi connectivity index (χ2v) is 4.98. The molecule has 0 saturated heterocycles. The fourth-order valence-electron chi connectivity index (χ4n) is 2.61. The van der Waals surface area contributed by atoms with Crippen LogP contribution in [0.25, 0.3) is 0 Å². The summed E-state index contributed by atoms with van der Waals surface area (Å²) in [7, 11) is 1.81. The van der Waals surface area contributed by atoms with Gasteiger partial charge >= 0.3 is 5.97 Å². The van der Waals surface area contributed by atoms with Crippen molar-refractivity contribution < 1.29 is 14.3 Å². The monoisotopic (exact) mass is 264 g/mol. The number of carbonyl (C=O) groups excluding carboxylic acids is 2. The van der Waals surface area contributed by atoms with Crippen molar-refractivity contribution in [3.05, 3.63) is 22.5 Å². The van der Waals surface area contributed by atoms with Gasteiger partial charge < -0.3 is 14.6 Å². The summed E-state index contributed by atoms with van der Waals surface area (Å²) < 4.78 is 6.89. The van der Waals surface area contributed by atoms with E-state index in [1.165, 1.54) is 0 Å². The third-order valence-electron chi connectivity index (χ3n) is 3.69. The van der Waals surface area contributed by atoms with Crippen molar-refractivity contribution in [3.63, 3.8) is 0 Å². The number of aromatic nitrogens is 1. The zero-order valence-corrected chi connectivity index (χ0v) is 11.9. The van der Waals surface area contributed by atoms with Crippen molar-refractivity contribution in [1.82, 2.24) is 9.88 Å². The van der Waals surface area contributed by atoms with Crippen LogP contribution in [0, 0.1) is 6.92 Å². The van der Waals surface area contributed by atoms with Crippen molar-refractivity contribution in [2.75, 3.05) is 6.61 Å². The van der Waals surface area contributed by atoms with E-state index in [0.29, 0.717) is 24.3 Å². The summed E-state index contributed by atoms with van der Waals surface area (Å²) in [4.78, 5) is 24.3. The minimum atomic E-state index is -0.334. The number of nitrogens with zero attached hydrogens (tertiary/aromatic N) is 1. The lowest BCUT2D eigenvalue weighted by Gasteiger charge is -2.10. The Morgan fingerprint density at radius 3 is 2.84 bits per heavy atom. The molecule has 5 nitrogen and oxygen atoms in total. The first-order valence-corrected chi connectivity index (χ1v) is 6.63. The van der Waals surface area contributed by atoms with E-state index in [4.69, 9.17) is 4.74 Å². The van der Waals surface area contributed by atoms with E-state index in [1.807, 2.05) is 20.9 Å². The third kappa shape index (κ3) is 2.25. The molecule has 1 unspecified atom stereocenters. The van der Waals surface area contributed by atoms with Gasteiger partial charge in [-0.3, -0.25) is 4.79 Å². The molecule has 1 atom stereocenters. The standard InChI is InChI=1S/C14H20N2O3/c1-5-19-14(18)11-9(3)16(4)12-10(11)7-6-8(2)15-13(12)17/h8H,5-7H2,1-4H3,(H,15,17). The first-order valence-electron chi connectivity index (χ1n) is 6.63. The molecule has 104 valence electrons. The number of rotatable bonds is 2. The molecule has 0 spiro atoms. The molecule has 0 aromatic carbocycles. The number of hydrogen-bond donors (Lipinski definition) is 1. The summed E-state index contributed by atoms with van der Waals surface area (Å²) in [5.41, 5.74) is 2.75. The average molecular weight is 264 g/mol. The molecule has 1 N–H and O–H groups in total. The van der Waals surface area contributed by atoms with Crippen molar-refractivity contribution in [1.29, 1.82) is 0 Å². The molecule has 0 aliphatic carbocycles. The molecule has 1 aromatic rings. The highest BCUT2D eigenvalue weighted by Crippen LogP contribution is 2.26. The summed E-state index contributed by atoms with van der Waals surface area (Å²) in [6.45, 7) is 5.94. The Kier molecular flexibility index (Phi) is 3.64. The van der Waals surface area contributed by atoms with Gasteiger partial charge in [0.05, 0.1) is 12.2 Å². The van der Waals surface area contributed by atoms with Gasteiger partial charge in [0.15, 0.2) is 0 Å². The SMILES string of the molecule is CCOC(=O)c1c2c(n(C)c1C)C(=O)NC(C)CC2. The van der Waals surface area contributed by atoms with Gasteiger partial charge in [-0.2, -0.15) is 0 Å². The van der Waals surface area contributed by atoms with Crippen LogP contribution in [0.5, 0.6) is 0 Å². The molecule has 1 aromatic heterocycles. The fraction of sp³-hybridized carbons (Fsp3) is 0.571. The molecule has 0 bridgehead atoms. The number of carbonyl (C=O) groups is 2. The molecule has 0 saturated carbocycles. The van der Waals surface area contributed by atoms with Crippen LogP contribution in [0.15, 0.2) is 0 Å². The first kappa shape index (κ1) is 13.6. The predicted octanol–water partition coefficient (Wildman–Crippen LogP) is 1.57. The van der Waals surface area contributed by atoms with E-state index < -0.39 is 0 Å². The second kappa shape index (κ2) is 5.07. The van der Waals surface area contributed by atoms with E-state index >= 15 is 0 Å². The highest BCUT2D eigenvalue weighted by molar-refractivity contribution is 6.01. The largest absolute Gasteiger partial charge is 0.462 e. The molecule has 5 heteroatoms. The van der Waals surface area contributed by atoms with Gasteiger partial charge in [-0.25, -0.2) is 4.79 Å². The van der Waals surface area contributed by atoms with E-state index in [2.05, 4.69) is 5.32 Å². The minimum Gasteiger partial charge on any atom is -0.462 e. The van der Waals surface area contributed by atoms with Gasteiger partial charge in [0, 0.05) is 18.8 Å². The second-order valence-electron chi connectivity index (χ2n) is 4.98. The molecule has 1 aliphatic rings. The lowest BCUT2D eigenvalue weighted by atomic mass is 10.0. The quantitative estimate of drug-likeness (QED) is 0.825. The number of hydrogen-bond acceptors (Lipinski definition) is 3. The van der Waals surface area contributed by atoms with Crippen LogP contribution in [0.1, 0.15) is 52.4 Å². The van der Waals surface area contributed by atoms with Crippen LogP contribution in [-0.2, 0) is 18.2 Å². The van der Waals surface area contributed by atoms with E-state index in [1.54, 1.807) is 11.5 Å². The van der Waals surface area contributed by atoms with Gasteiger partial charge in [-0.1, -0.05) is 0 Å². The molecule has 1 aliphatic heterocycles. The highest BCUT2D eigenvalue weighted by Gasteiger charge is 2.30. The van der Waals surface area contributed by atoms with E-state index in [0.717, 1.165) is 17.7 Å². The topological polar surface area (TPSA) is 60.3 Å². The highest BCUT2D eigenvalue weighted by atomic mass is 16.5. The lowest BCUT2D eigenvalue weighted by Crippen LogP contribution is -2.32. The van der Waals surface area contributed by atoms with Crippen molar-refractivity contribution in [2.45, 2.75) is 39.7 Å². The maximum Gasteiger partial charge on any atom is 0.340 e. The smallest absolute Gasteiger partial charge is 0.340 e. The summed E-state index contributed by atoms with van der Waals surface area (Å²) in [6.07, 6.45) is 1.54. The Morgan fingerprint density at radius 2 is 2.21 bits per heavy atom. The van der Waals surface area contributed by atoms with Crippen LogP contribution in [0.3, 0.4) is 0 Å². The summed E-state index contributed by atoms with van der Waals surface area (Å²) in [5, 5.41) is 2.94. The molecule has 2 heterocycles. The summed E-state index contributed by atoms with van der Waals surface area (Å²) in [6, 6.07) is 0.121. The minimum absolute atomic E-state index is 0.110. The van der Waals surface area contributed by atoms with Crippen LogP contribution < -0.4 is 5.32 Å². The van der Waals surface area contributed by atoms with Crippen LogP contribution in [-0.4, -0.2) is 29.1 Å². The van der Waals surface area contributed by atoms with Crippen molar-refractivity contribution >= 4 is 11.9 Å². The average Bonchev–Trinajstić information content (AvgIpc) is 2.49. The van der Waals surface area contributed by atoms with E-state index in [-0.39, 0.29) is 17.9 Å². The van der Waals surface area contributed by atoms with Crippen LogP contribution in [0.4, 0.5) is 0 Å². The molecular formula is C14H20N2O3. The molecule has 2 rings (SSSR count). The fourth-order valence-corrected chi connectivity index (χ4v) is 2.61. The van der Waals surface area contributed by atoms with Crippen molar-refractivity contribution in [3.8, 4) is 0 Å². The molecule has 0 radical (unpaired) electrons. The van der Waals surface area contributed by atoms with Gasteiger partial charge in [-0.15, -0.1) is 0 Å². The number of ether oxygens (including phenoxy) is 1. The third-order valence-corrected chi connectivity index (χ3v) is 3.69. The molecule has 1 amide bonds. The van der Waals surface area contributed by atoms with Gasteiger partial charge in [0.25, 0.3) is 5.91 Å². The number of amides is 1. The van der Waals surface area contributed by atoms with Gasteiger partial charge in [-0.05, 0) is 39.2 Å². The van der Waals surface area contributed by atoms with Gasteiger partial charge in [0.2, 0.25) is 0 Å². The van der Waals surface area contributed by atoms with Crippen molar-refractivity contribution in [2.24, 2.45) is 7.05 Å². The summed E-state index contributed by atoms with van der Waals surface area (Å²) in [5.74, 6) is -0.444. The summed E-state index contributed by atoms with van der Waals surface area (Å²) >= 11 is 0. The Bertz CT molecular complexity index is 528. The normalized spacial score (nSPS) is 18.5. The zero-order valence-electron chi connectivity index (χ0n) is 11.9. The Labute approximate surface area is 112 Å². The Morgan fingerprint density at radius 1 is 1.53 bits per heavy atom. The maximum atomic E-state index is 12.2. The molecule has 0 fully saturated rings. The lowest BCUT2D eigenvalue weighted by molar-refractivity contribution is 0.0524. The molecule has 19 heavy (non-hydrogen) atoms. The van der Waals surface area contributed by atoms with E-state index in [9.17, 15) is 9.59 Å². The number of esters is 1. The first-order chi connectivity index (χ1) is 8.97. The maximum absolute atomic E-state index is 12.2.